The predicted octanol–water partition coefficient (Wildman–Crippen LogP) is 8.11. The third-order valence-electron chi connectivity index (χ3n) is 11.7. The molecule has 12 nitrogen and oxygen atoms in total. The maximum atomic E-state index is 13.1. The molecule has 1 aliphatic carbocycles. The smallest absolute Gasteiger partial charge is 0.339 e. The molecule has 4 unspecified atom stereocenters. The topological polar surface area (TPSA) is 174 Å². The number of carbonyl (C=O) groups is 2. The van der Waals surface area contributed by atoms with Gasteiger partial charge in [-0.05, 0) is 50.7 Å². The lowest BCUT2D eigenvalue weighted by Gasteiger charge is -2.55. The number of amides is 1. The van der Waals surface area contributed by atoms with Crippen LogP contribution in [0.3, 0.4) is 0 Å². The van der Waals surface area contributed by atoms with E-state index in [1.807, 2.05) is 0 Å². The Kier molecular flexibility index (Phi) is 16.2. The number of nitrogens with one attached hydrogen (secondary N) is 2. The highest BCUT2D eigenvalue weighted by molar-refractivity contribution is 7.86. The van der Waals surface area contributed by atoms with E-state index in [-0.39, 0.29) is 28.6 Å². The van der Waals surface area contributed by atoms with Gasteiger partial charge in [-0.2, -0.15) is 8.42 Å². The standard InChI is InChI=1S/C39H63N3O9S/c1-3-4-5-6-7-8-9-10-11-12-13-14-15-16-17-21-27-40-33-25-24-31(29-34(33)42(46)47)52(48,49)50-28-26-32-36(44)41-39(37(45)51-38(32,39)2)35(43)30-22-19-18-20-23-30/h24-25,29-30,32,35,40,43H,3-23,26-28H2,1-2H3,(H,41,44). The number of unbranched alkanes of at least 4 members (excludes halogenated alkanes) is 15. The summed E-state index contributed by atoms with van der Waals surface area (Å²) in [7, 11) is -4.41. The second-order valence-electron chi connectivity index (χ2n) is 15.4. The van der Waals surface area contributed by atoms with Gasteiger partial charge in [0.05, 0.1) is 23.6 Å². The Hall–Kier alpha value is -2.77. The van der Waals surface area contributed by atoms with Crippen LogP contribution in [0.2, 0.25) is 0 Å². The normalized spacial score (nSPS) is 23.8. The monoisotopic (exact) mass is 749 g/mol. The molecule has 4 atom stereocenters. The summed E-state index contributed by atoms with van der Waals surface area (Å²) in [6.07, 6.45) is 23.4. The minimum atomic E-state index is -4.41. The molecule has 0 radical (unpaired) electrons. The number of nitro groups is 1. The molecule has 52 heavy (non-hydrogen) atoms. The second kappa shape index (κ2) is 20.1. The first kappa shape index (κ1) is 42.0. The molecular weight excluding hydrogens is 687 g/mol. The fourth-order valence-electron chi connectivity index (χ4n) is 8.47. The molecule has 1 amide bonds. The number of fused-ring (bicyclic) bond motifs is 1. The molecule has 1 aromatic rings. The first-order valence-corrected chi connectivity index (χ1v) is 21.5. The van der Waals surface area contributed by atoms with Crippen LogP contribution in [0.15, 0.2) is 23.1 Å². The summed E-state index contributed by atoms with van der Waals surface area (Å²) in [6, 6.07) is 3.62. The zero-order valence-electron chi connectivity index (χ0n) is 31.5. The molecule has 1 saturated carbocycles. The van der Waals surface area contributed by atoms with Crippen LogP contribution in [0.1, 0.15) is 155 Å². The van der Waals surface area contributed by atoms with E-state index in [0.717, 1.165) is 57.4 Å². The van der Waals surface area contributed by atoms with E-state index in [4.69, 9.17) is 8.92 Å². The van der Waals surface area contributed by atoms with Gasteiger partial charge >= 0.3 is 5.97 Å². The largest absolute Gasteiger partial charge is 0.453 e. The van der Waals surface area contributed by atoms with Gasteiger partial charge in [-0.3, -0.25) is 19.1 Å². The quantitative estimate of drug-likeness (QED) is 0.0276. The average molecular weight is 750 g/mol. The number of ether oxygens (including phenoxy) is 1. The van der Waals surface area contributed by atoms with E-state index in [1.54, 1.807) is 6.92 Å². The average Bonchev–Trinajstić information content (AvgIpc) is 3.30. The number of nitrogens with zero attached hydrogens (tertiary/aromatic N) is 1. The van der Waals surface area contributed by atoms with Gasteiger partial charge in [0.15, 0.2) is 5.60 Å². The number of benzene rings is 1. The predicted molar refractivity (Wildman–Crippen MR) is 200 cm³/mol. The number of carbonyl (C=O) groups excluding carboxylic acids is 2. The van der Waals surface area contributed by atoms with Crippen molar-refractivity contribution in [1.29, 1.82) is 0 Å². The summed E-state index contributed by atoms with van der Waals surface area (Å²) in [4.78, 5) is 36.7. The zero-order chi connectivity index (χ0) is 37.6. The zero-order valence-corrected chi connectivity index (χ0v) is 32.3. The molecule has 13 heteroatoms. The Morgan fingerprint density at radius 2 is 1.50 bits per heavy atom. The van der Waals surface area contributed by atoms with Crippen molar-refractivity contribution in [3.8, 4) is 0 Å². The molecule has 1 aromatic carbocycles. The summed E-state index contributed by atoms with van der Waals surface area (Å²) in [5.74, 6) is -2.30. The number of anilines is 1. The number of rotatable bonds is 26. The number of aliphatic hydroxyl groups excluding tert-OH is 1. The van der Waals surface area contributed by atoms with Crippen molar-refractivity contribution in [2.45, 2.75) is 177 Å². The van der Waals surface area contributed by atoms with Gasteiger partial charge in [-0.15, -0.1) is 0 Å². The number of hydrogen-bond donors (Lipinski definition) is 3. The van der Waals surface area contributed by atoms with E-state index in [1.165, 1.54) is 95.6 Å². The Morgan fingerprint density at radius 3 is 2.04 bits per heavy atom. The van der Waals surface area contributed by atoms with Crippen LogP contribution in [-0.4, -0.2) is 60.7 Å². The molecule has 0 aromatic heterocycles. The summed E-state index contributed by atoms with van der Waals surface area (Å²) in [5.41, 5.74) is -3.07. The van der Waals surface area contributed by atoms with Gasteiger partial charge in [0.2, 0.25) is 11.4 Å². The Balaban J connectivity index is 1.16. The van der Waals surface area contributed by atoms with E-state index in [9.17, 15) is 33.2 Å². The summed E-state index contributed by atoms with van der Waals surface area (Å²) in [6.45, 7) is 3.96. The van der Waals surface area contributed by atoms with E-state index >= 15 is 0 Å². The highest BCUT2D eigenvalue weighted by Crippen LogP contribution is 2.53. The molecule has 294 valence electrons. The third-order valence-corrected chi connectivity index (χ3v) is 13.0. The SMILES string of the molecule is CCCCCCCCCCCCCCCCCCNc1ccc(S(=O)(=O)OCCC2C(=O)NC3(C(O)C4CCCCC4)C(=O)OC23C)cc1[N+](=O)[O-]. The van der Waals surface area contributed by atoms with Gasteiger partial charge in [0, 0.05) is 12.6 Å². The summed E-state index contributed by atoms with van der Waals surface area (Å²) in [5, 5.41) is 29.0. The van der Waals surface area contributed by atoms with Crippen LogP contribution in [0, 0.1) is 22.0 Å². The van der Waals surface area contributed by atoms with E-state index < -0.39 is 56.7 Å². The highest BCUT2D eigenvalue weighted by atomic mass is 32.2. The van der Waals surface area contributed by atoms with E-state index in [0.29, 0.717) is 6.54 Å². The second-order valence-corrected chi connectivity index (χ2v) is 17.0. The molecule has 2 saturated heterocycles. The lowest BCUT2D eigenvalue weighted by molar-refractivity contribution is -0.384. The first-order chi connectivity index (χ1) is 25.0. The Labute approximate surface area is 310 Å². The number of aliphatic hydroxyl groups is 1. The maximum Gasteiger partial charge on any atom is 0.339 e. The third kappa shape index (κ3) is 10.3. The van der Waals surface area contributed by atoms with Crippen molar-refractivity contribution in [3.05, 3.63) is 28.3 Å². The van der Waals surface area contributed by atoms with Crippen molar-refractivity contribution in [1.82, 2.24) is 5.32 Å². The van der Waals surface area contributed by atoms with Gasteiger partial charge in [-0.1, -0.05) is 122 Å². The molecule has 3 N–H and O–H groups in total. The van der Waals surface area contributed by atoms with Gasteiger partial charge < -0.3 is 20.5 Å². The van der Waals surface area contributed by atoms with Crippen LogP contribution < -0.4 is 10.6 Å². The summed E-state index contributed by atoms with van der Waals surface area (Å²) < 4.78 is 36.9. The number of esters is 1. The maximum absolute atomic E-state index is 13.1. The van der Waals surface area contributed by atoms with Gasteiger partial charge in [-0.25, -0.2) is 4.79 Å². The van der Waals surface area contributed by atoms with Crippen LogP contribution in [0.4, 0.5) is 11.4 Å². The fraction of sp³-hybridized carbons (Fsp3) is 0.795. The van der Waals surface area contributed by atoms with Crippen LogP contribution in [0.25, 0.3) is 0 Å². The molecule has 0 spiro atoms. The summed E-state index contributed by atoms with van der Waals surface area (Å²) >= 11 is 0. The lowest BCUT2D eigenvalue weighted by atomic mass is 9.64. The Bertz CT molecular complexity index is 1430. The molecule has 2 aliphatic heterocycles. The van der Waals surface area contributed by atoms with Crippen LogP contribution in [-0.2, 0) is 28.6 Å². The van der Waals surface area contributed by atoms with Crippen molar-refractivity contribution in [3.63, 3.8) is 0 Å². The fourth-order valence-corrected chi connectivity index (χ4v) is 9.41. The van der Waals surface area contributed by atoms with Crippen molar-refractivity contribution >= 4 is 33.4 Å². The highest BCUT2D eigenvalue weighted by Gasteiger charge is 2.79. The minimum Gasteiger partial charge on any atom is -0.453 e. The number of nitro benzene ring substituents is 1. The van der Waals surface area contributed by atoms with Crippen molar-refractivity contribution < 1.29 is 37.0 Å². The van der Waals surface area contributed by atoms with Crippen molar-refractivity contribution in [2.24, 2.45) is 11.8 Å². The molecule has 0 bridgehead atoms. The van der Waals surface area contributed by atoms with E-state index in [2.05, 4.69) is 17.6 Å². The van der Waals surface area contributed by atoms with Crippen LogP contribution in [0.5, 0.6) is 0 Å². The molecule has 2 heterocycles. The van der Waals surface area contributed by atoms with Gasteiger partial charge in [0.25, 0.3) is 15.8 Å². The molecule has 3 aliphatic rings. The molecule has 3 fully saturated rings. The Morgan fingerprint density at radius 1 is 0.942 bits per heavy atom. The van der Waals surface area contributed by atoms with Crippen LogP contribution >= 0.6 is 0 Å². The lowest BCUT2D eigenvalue weighted by Crippen LogP contribution is -2.80. The minimum absolute atomic E-state index is 0.102. The number of hydrogen-bond acceptors (Lipinski definition) is 10. The molecular formula is C39H63N3O9S. The first-order valence-electron chi connectivity index (χ1n) is 20.1. The molecule has 4 rings (SSSR count). The van der Waals surface area contributed by atoms with Gasteiger partial charge in [0.1, 0.15) is 10.6 Å². The van der Waals surface area contributed by atoms with Crippen molar-refractivity contribution in [2.75, 3.05) is 18.5 Å².